The molecule has 0 radical (unpaired) electrons. The summed E-state index contributed by atoms with van der Waals surface area (Å²) in [7, 11) is 1.76. The molecule has 1 saturated carbocycles. The summed E-state index contributed by atoms with van der Waals surface area (Å²) < 4.78 is 1.56. The first-order valence-corrected chi connectivity index (χ1v) is 6.15. The molecule has 16 heavy (non-hydrogen) atoms. The van der Waals surface area contributed by atoms with E-state index in [9.17, 15) is 4.79 Å². The van der Waals surface area contributed by atoms with Crippen LogP contribution in [0, 0.1) is 5.92 Å². The molecule has 1 aliphatic rings. The van der Waals surface area contributed by atoms with Gasteiger partial charge in [-0.1, -0.05) is 37.3 Å². The van der Waals surface area contributed by atoms with Gasteiger partial charge in [0.05, 0.1) is 6.20 Å². The first kappa shape index (κ1) is 11.3. The highest BCUT2D eigenvalue weighted by molar-refractivity contribution is 5.94. The van der Waals surface area contributed by atoms with Crippen LogP contribution in [0.2, 0.25) is 0 Å². The molecule has 1 aromatic rings. The molecular formula is C12H19N3O. The molecule has 0 atom stereocenters. The van der Waals surface area contributed by atoms with Crippen molar-refractivity contribution in [2.75, 3.05) is 0 Å². The Bertz CT molecular complexity index is 353. The highest BCUT2D eigenvalue weighted by Gasteiger charge is 2.17. The molecule has 4 heteroatoms. The van der Waals surface area contributed by atoms with Gasteiger partial charge in [-0.05, 0) is 12.3 Å². The van der Waals surface area contributed by atoms with Crippen molar-refractivity contribution in [3.63, 3.8) is 0 Å². The van der Waals surface area contributed by atoms with Gasteiger partial charge >= 0.3 is 0 Å². The van der Waals surface area contributed by atoms with Gasteiger partial charge in [0, 0.05) is 13.5 Å². The van der Waals surface area contributed by atoms with Crippen LogP contribution in [0.1, 0.15) is 55.4 Å². The lowest BCUT2D eigenvalue weighted by Crippen LogP contribution is -2.11. The molecule has 1 fully saturated rings. The van der Waals surface area contributed by atoms with E-state index < -0.39 is 0 Å². The quantitative estimate of drug-likeness (QED) is 0.733. The predicted molar refractivity (Wildman–Crippen MR) is 61.1 cm³/mol. The van der Waals surface area contributed by atoms with Crippen LogP contribution < -0.4 is 0 Å². The normalized spacial score (nSPS) is 17.6. The van der Waals surface area contributed by atoms with Crippen molar-refractivity contribution in [1.82, 2.24) is 15.0 Å². The standard InChI is InChI=1S/C12H19N3O/c1-15-11(9-13-14-15)12(16)8-7-10-5-3-2-4-6-10/h9-10H,2-8H2,1H3. The molecule has 0 unspecified atom stereocenters. The van der Waals surface area contributed by atoms with Crippen LogP contribution in [0.25, 0.3) is 0 Å². The monoisotopic (exact) mass is 221 g/mol. The van der Waals surface area contributed by atoms with Crippen LogP contribution in [0.15, 0.2) is 6.20 Å². The Hall–Kier alpha value is -1.19. The molecule has 0 N–H and O–H groups in total. The van der Waals surface area contributed by atoms with Crippen molar-refractivity contribution in [3.8, 4) is 0 Å². The van der Waals surface area contributed by atoms with Crippen molar-refractivity contribution < 1.29 is 4.79 Å². The van der Waals surface area contributed by atoms with Crippen molar-refractivity contribution in [2.24, 2.45) is 13.0 Å². The largest absolute Gasteiger partial charge is 0.292 e. The average Bonchev–Trinajstić information content (AvgIpc) is 2.74. The van der Waals surface area contributed by atoms with Gasteiger partial charge in [0.1, 0.15) is 5.69 Å². The van der Waals surface area contributed by atoms with E-state index in [1.165, 1.54) is 32.1 Å². The topological polar surface area (TPSA) is 47.8 Å². The van der Waals surface area contributed by atoms with Gasteiger partial charge in [-0.15, -0.1) is 5.10 Å². The number of ketones is 1. The van der Waals surface area contributed by atoms with Gasteiger partial charge in [-0.2, -0.15) is 0 Å². The van der Waals surface area contributed by atoms with Gasteiger partial charge in [-0.3, -0.25) is 4.79 Å². The molecule has 1 aliphatic carbocycles. The molecule has 0 bridgehead atoms. The fourth-order valence-electron chi connectivity index (χ4n) is 2.48. The second-order valence-corrected chi connectivity index (χ2v) is 4.71. The van der Waals surface area contributed by atoms with Gasteiger partial charge in [0.15, 0.2) is 5.78 Å². The Morgan fingerprint density at radius 2 is 2.19 bits per heavy atom. The lowest BCUT2D eigenvalue weighted by Gasteiger charge is -2.20. The minimum atomic E-state index is 0.179. The number of hydrogen-bond acceptors (Lipinski definition) is 3. The molecule has 0 aliphatic heterocycles. The zero-order valence-electron chi connectivity index (χ0n) is 9.85. The van der Waals surface area contributed by atoms with E-state index in [1.54, 1.807) is 17.9 Å². The minimum absolute atomic E-state index is 0.179. The summed E-state index contributed by atoms with van der Waals surface area (Å²) in [6, 6.07) is 0. The van der Waals surface area contributed by atoms with Gasteiger partial charge < -0.3 is 0 Å². The molecule has 0 amide bonds. The molecule has 0 aromatic carbocycles. The van der Waals surface area contributed by atoms with E-state index in [-0.39, 0.29) is 5.78 Å². The summed E-state index contributed by atoms with van der Waals surface area (Å²) >= 11 is 0. The maximum absolute atomic E-state index is 11.9. The summed E-state index contributed by atoms with van der Waals surface area (Å²) in [6.07, 6.45) is 9.89. The molecule has 88 valence electrons. The Balaban J connectivity index is 1.81. The number of aryl methyl sites for hydroxylation is 1. The van der Waals surface area contributed by atoms with Gasteiger partial charge in [0.2, 0.25) is 0 Å². The van der Waals surface area contributed by atoms with E-state index in [4.69, 9.17) is 0 Å². The van der Waals surface area contributed by atoms with Gasteiger partial charge in [-0.25, -0.2) is 4.68 Å². The van der Waals surface area contributed by atoms with E-state index in [2.05, 4.69) is 10.3 Å². The third-order valence-corrected chi connectivity index (χ3v) is 3.50. The fourth-order valence-corrected chi connectivity index (χ4v) is 2.48. The first-order valence-electron chi connectivity index (χ1n) is 6.15. The van der Waals surface area contributed by atoms with E-state index >= 15 is 0 Å². The van der Waals surface area contributed by atoms with E-state index in [0.29, 0.717) is 12.1 Å². The number of carbonyl (C=O) groups is 1. The van der Waals surface area contributed by atoms with Crippen LogP contribution >= 0.6 is 0 Å². The maximum Gasteiger partial charge on any atom is 0.182 e. The number of rotatable bonds is 4. The SMILES string of the molecule is Cn1nncc1C(=O)CCC1CCCCC1. The number of nitrogens with zero attached hydrogens (tertiary/aromatic N) is 3. The lowest BCUT2D eigenvalue weighted by atomic mass is 9.85. The Labute approximate surface area is 96.0 Å². The number of aromatic nitrogens is 3. The third kappa shape index (κ3) is 2.68. The minimum Gasteiger partial charge on any atom is -0.292 e. The smallest absolute Gasteiger partial charge is 0.182 e. The zero-order valence-corrected chi connectivity index (χ0v) is 9.85. The number of carbonyl (C=O) groups excluding carboxylic acids is 1. The molecule has 1 aromatic heterocycles. The van der Waals surface area contributed by atoms with Crippen LogP contribution in [0.4, 0.5) is 0 Å². The van der Waals surface area contributed by atoms with E-state index in [1.807, 2.05) is 0 Å². The third-order valence-electron chi connectivity index (χ3n) is 3.50. The molecule has 0 saturated heterocycles. The Kier molecular flexibility index (Phi) is 3.70. The molecule has 0 spiro atoms. The van der Waals surface area contributed by atoms with Crippen LogP contribution in [-0.4, -0.2) is 20.8 Å². The Morgan fingerprint density at radius 3 is 2.81 bits per heavy atom. The van der Waals surface area contributed by atoms with Crippen LogP contribution in [-0.2, 0) is 7.05 Å². The molecule has 1 heterocycles. The van der Waals surface area contributed by atoms with Crippen molar-refractivity contribution in [2.45, 2.75) is 44.9 Å². The van der Waals surface area contributed by atoms with Crippen LogP contribution in [0.3, 0.4) is 0 Å². The van der Waals surface area contributed by atoms with Crippen molar-refractivity contribution in [1.29, 1.82) is 0 Å². The molecule has 2 rings (SSSR count). The molecular weight excluding hydrogens is 202 g/mol. The zero-order chi connectivity index (χ0) is 11.4. The summed E-state index contributed by atoms with van der Waals surface area (Å²) in [5.74, 6) is 0.942. The number of Topliss-reactive ketones (excluding diaryl/α,β-unsaturated/α-hetero) is 1. The van der Waals surface area contributed by atoms with E-state index in [0.717, 1.165) is 12.3 Å². The number of hydrogen-bond donors (Lipinski definition) is 0. The highest BCUT2D eigenvalue weighted by atomic mass is 16.1. The Morgan fingerprint density at radius 1 is 1.44 bits per heavy atom. The van der Waals surface area contributed by atoms with Crippen molar-refractivity contribution in [3.05, 3.63) is 11.9 Å². The van der Waals surface area contributed by atoms with Crippen molar-refractivity contribution >= 4 is 5.78 Å². The first-order chi connectivity index (χ1) is 7.77. The average molecular weight is 221 g/mol. The molecule has 4 nitrogen and oxygen atoms in total. The highest BCUT2D eigenvalue weighted by Crippen LogP contribution is 2.27. The summed E-state index contributed by atoms with van der Waals surface area (Å²) in [5.41, 5.74) is 0.635. The lowest BCUT2D eigenvalue weighted by molar-refractivity contribution is 0.0961. The summed E-state index contributed by atoms with van der Waals surface area (Å²) in [6.45, 7) is 0. The summed E-state index contributed by atoms with van der Waals surface area (Å²) in [4.78, 5) is 11.9. The van der Waals surface area contributed by atoms with Crippen LogP contribution in [0.5, 0.6) is 0 Å². The second kappa shape index (κ2) is 5.23. The predicted octanol–water partition coefficient (Wildman–Crippen LogP) is 2.36. The second-order valence-electron chi connectivity index (χ2n) is 4.71. The maximum atomic E-state index is 11.9. The fraction of sp³-hybridized carbons (Fsp3) is 0.750. The van der Waals surface area contributed by atoms with Gasteiger partial charge in [0.25, 0.3) is 0 Å². The summed E-state index contributed by atoms with van der Waals surface area (Å²) in [5, 5.41) is 7.51.